The third-order valence-corrected chi connectivity index (χ3v) is 6.82. The zero-order valence-corrected chi connectivity index (χ0v) is 24.9. The van der Waals surface area contributed by atoms with Gasteiger partial charge < -0.3 is 24.8 Å². The molecule has 0 aliphatic carbocycles. The summed E-state index contributed by atoms with van der Waals surface area (Å²) in [6.07, 6.45) is 13.1. The second-order valence-corrected chi connectivity index (χ2v) is 8.61. The van der Waals surface area contributed by atoms with Gasteiger partial charge in [-0.1, -0.05) is 117 Å². The fourth-order valence-corrected chi connectivity index (χ4v) is 5.31. The van der Waals surface area contributed by atoms with E-state index in [1.54, 1.807) is 11.1 Å². The molecular formula is C28H46Cl2Zr. The molecule has 3 heteroatoms. The zero-order valence-electron chi connectivity index (χ0n) is 20.9. The summed E-state index contributed by atoms with van der Waals surface area (Å²) in [5.74, 6) is 0. The first-order chi connectivity index (χ1) is 13.6. The zero-order chi connectivity index (χ0) is 20.9. The van der Waals surface area contributed by atoms with Crippen LogP contribution in [0, 0.1) is 0 Å². The van der Waals surface area contributed by atoms with Crippen LogP contribution in [0.5, 0.6) is 0 Å². The molecule has 0 N–H and O–H groups in total. The minimum Gasteiger partial charge on any atom is -1.00 e. The topological polar surface area (TPSA) is 0 Å². The van der Waals surface area contributed by atoms with Gasteiger partial charge in [-0.25, -0.2) is 24.3 Å². The van der Waals surface area contributed by atoms with Gasteiger partial charge in [0.2, 0.25) is 0 Å². The van der Waals surface area contributed by atoms with Crippen molar-refractivity contribution in [3.8, 4) is 0 Å². The Kier molecular flexibility index (Phi) is 22.6. The Balaban J connectivity index is -0.000000461. The molecule has 2 rings (SSSR count). The van der Waals surface area contributed by atoms with E-state index in [1.807, 2.05) is 0 Å². The van der Waals surface area contributed by atoms with Crippen LogP contribution in [0.4, 0.5) is 0 Å². The van der Waals surface area contributed by atoms with E-state index in [2.05, 4.69) is 90.1 Å². The Bertz CT molecular complexity index is 520. The first-order valence-corrected chi connectivity index (χ1v) is 12.0. The maximum absolute atomic E-state index is 2.33. The molecule has 0 aliphatic heterocycles. The van der Waals surface area contributed by atoms with Gasteiger partial charge in [0.25, 0.3) is 0 Å². The van der Waals surface area contributed by atoms with E-state index in [0.29, 0.717) is 10.8 Å². The van der Waals surface area contributed by atoms with Crippen molar-refractivity contribution in [2.75, 3.05) is 0 Å². The van der Waals surface area contributed by atoms with Crippen molar-refractivity contribution in [1.29, 1.82) is 0 Å². The molecule has 2 aromatic carbocycles. The summed E-state index contributed by atoms with van der Waals surface area (Å²) in [5, 5.41) is 0. The Morgan fingerprint density at radius 3 is 0.871 bits per heavy atom. The number of hydrogen-bond acceptors (Lipinski definition) is 0. The first kappa shape index (κ1) is 35.7. The van der Waals surface area contributed by atoms with E-state index in [-0.39, 0.29) is 51.0 Å². The summed E-state index contributed by atoms with van der Waals surface area (Å²) < 4.78 is 0. The largest absolute Gasteiger partial charge is 4.00 e. The standard InChI is InChI=1S/2C14H23.2ClH.Zr/c2*1-4-11-14(6-3,12-5-2)13-9-7-8-10-13;;;/h2*7-10H,4-6,11-12H2,1-3H3;2*1H;/q2*-1;;;+4/p-2. The van der Waals surface area contributed by atoms with Crippen LogP contribution in [0.2, 0.25) is 0 Å². The quantitative estimate of drug-likeness (QED) is 0.360. The van der Waals surface area contributed by atoms with Crippen LogP contribution in [0.3, 0.4) is 0 Å². The summed E-state index contributed by atoms with van der Waals surface area (Å²) >= 11 is 0. The maximum Gasteiger partial charge on any atom is 4.00 e. The molecule has 0 atom stereocenters. The molecule has 0 saturated carbocycles. The van der Waals surface area contributed by atoms with Crippen molar-refractivity contribution in [3.63, 3.8) is 0 Å². The molecule has 31 heavy (non-hydrogen) atoms. The van der Waals surface area contributed by atoms with Gasteiger partial charge in [0.15, 0.2) is 0 Å². The van der Waals surface area contributed by atoms with E-state index >= 15 is 0 Å². The minimum atomic E-state index is 0. The van der Waals surface area contributed by atoms with Crippen LogP contribution in [-0.4, -0.2) is 0 Å². The third-order valence-electron chi connectivity index (χ3n) is 6.82. The Labute approximate surface area is 226 Å². The van der Waals surface area contributed by atoms with Crippen molar-refractivity contribution in [1.82, 2.24) is 0 Å². The predicted octanol–water partition coefficient (Wildman–Crippen LogP) is 3.31. The van der Waals surface area contributed by atoms with Crippen LogP contribution in [-0.2, 0) is 37.0 Å². The molecule has 0 aliphatic rings. The normalized spacial score (nSPS) is 10.8. The van der Waals surface area contributed by atoms with Gasteiger partial charge in [0.1, 0.15) is 0 Å². The van der Waals surface area contributed by atoms with Gasteiger partial charge in [0, 0.05) is 0 Å². The van der Waals surface area contributed by atoms with E-state index in [9.17, 15) is 0 Å². The SMILES string of the molecule is CCCC(CC)(CCC)[c-]1cccc1.CCCC(CC)(CCC)[c-]1cccc1.[Cl-].[Cl-].[Zr+4]. The van der Waals surface area contributed by atoms with Crippen molar-refractivity contribution in [3.05, 3.63) is 59.7 Å². The summed E-state index contributed by atoms with van der Waals surface area (Å²) in [6, 6.07) is 17.9. The van der Waals surface area contributed by atoms with E-state index in [0.717, 1.165) is 0 Å². The molecule has 2 aromatic rings. The molecule has 0 amide bonds. The molecule has 0 bridgehead atoms. The molecular weight excluding hydrogens is 498 g/mol. The Hall–Kier alpha value is 0.163. The third kappa shape index (κ3) is 10.3. The Morgan fingerprint density at radius 1 is 0.484 bits per heavy atom. The second-order valence-electron chi connectivity index (χ2n) is 8.61. The predicted molar refractivity (Wildman–Crippen MR) is 128 cm³/mol. The molecule has 0 nitrogen and oxygen atoms in total. The van der Waals surface area contributed by atoms with Crippen LogP contribution in [0.25, 0.3) is 0 Å². The van der Waals surface area contributed by atoms with Gasteiger partial charge in [-0.3, -0.25) is 0 Å². The molecule has 0 unspecified atom stereocenters. The Morgan fingerprint density at radius 2 is 0.710 bits per heavy atom. The van der Waals surface area contributed by atoms with Gasteiger partial charge in [0.05, 0.1) is 0 Å². The number of hydrogen-bond donors (Lipinski definition) is 0. The van der Waals surface area contributed by atoms with Gasteiger partial charge in [-0.05, 0) is 0 Å². The second kappa shape index (κ2) is 19.6. The van der Waals surface area contributed by atoms with Crippen molar-refractivity contribution in [2.24, 2.45) is 0 Å². The first-order valence-electron chi connectivity index (χ1n) is 12.0. The number of halogens is 2. The van der Waals surface area contributed by atoms with Gasteiger partial charge in [-0.15, -0.1) is 0 Å². The van der Waals surface area contributed by atoms with Gasteiger partial charge in [-0.2, -0.15) is 35.4 Å². The smallest absolute Gasteiger partial charge is 1.00 e. The molecule has 0 heterocycles. The summed E-state index contributed by atoms with van der Waals surface area (Å²) in [5.41, 5.74) is 4.05. The van der Waals surface area contributed by atoms with E-state index in [4.69, 9.17) is 0 Å². The fraction of sp³-hybridized carbons (Fsp3) is 0.643. The van der Waals surface area contributed by atoms with Crippen molar-refractivity contribution < 1.29 is 51.0 Å². The van der Waals surface area contributed by atoms with Crippen LogP contribution in [0.1, 0.15) is 117 Å². The monoisotopic (exact) mass is 542 g/mol. The maximum atomic E-state index is 2.33. The summed E-state index contributed by atoms with van der Waals surface area (Å²) in [6.45, 7) is 13.8. The summed E-state index contributed by atoms with van der Waals surface area (Å²) in [7, 11) is 0. The molecule has 0 fully saturated rings. The minimum absolute atomic E-state index is 0. The molecule has 0 saturated heterocycles. The molecule has 176 valence electrons. The fourth-order valence-electron chi connectivity index (χ4n) is 5.31. The average molecular weight is 545 g/mol. The molecule has 0 spiro atoms. The van der Waals surface area contributed by atoms with Crippen molar-refractivity contribution in [2.45, 2.75) is 117 Å². The molecule has 0 radical (unpaired) electrons. The van der Waals surface area contributed by atoms with E-state index < -0.39 is 0 Å². The van der Waals surface area contributed by atoms with Crippen LogP contribution < -0.4 is 24.8 Å². The van der Waals surface area contributed by atoms with Crippen molar-refractivity contribution >= 4 is 0 Å². The van der Waals surface area contributed by atoms with Crippen LogP contribution >= 0.6 is 0 Å². The average Bonchev–Trinajstić information content (AvgIpc) is 3.42. The van der Waals surface area contributed by atoms with E-state index in [1.165, 1.54) is 64.2 Å². The van der Waals surface area contributed by atoms with Crippen LogP contribution in [0.15, 0.2) is 48.5 Å². The number of rotatable bonds is 12. The molecule has 0 aromatic heterocycles. The summed E-state index contributed by atoms with van der Waals surface area (Å²) in [4.78, 5) is 0. The van der Waals surface area contributed by atoms with Gasteiger partial charge >= 0.3 is 26.2 Å².